The summed E-state index contributed by atoms with van der Waals surface area (Å²) < 4.78 is 16.0. The number of nitrogens with one attached hydrogen (secondary N) is 1. The van der Waals surface area contributed by atoms with Gasteiger partial charge in [-0.05, 0) is 95.3 Å². The van der Waals surface area contributed by atoms with Gasteiger partial charge in [0.15, 0.2) is 5.82 Å². The Kier molecular flexibility index (Phi) is 9.50. The van der Waals surface area contributed by atoms with Gasteiger partial charge >= 0.3 is 6.09 Å². The molecule has 4 atom stereocenters. The normalized spacial score (nSPS) is 19.8. The summed E-state index contributed by atoms with van der Waals surface area (Å²) >= 11 is 0. The number of benzene rings is 2. The van der Waals surface area contributed by atoms with Gasteiger partial charge < -0.3 is 28.8 Å². The molecule has 52 heavy (non-hydrogen) atoms. The van der Waals surface area contributed by atoms with Crippen LogP contribution in [0.1, 0.15) is 63.4 Å². The Morgan fingerprint density at radius 2 is 1.83 bits per heavy atom. The molecule has 2 aliphatic rings. The van der Waals surface area contributed by atoms with Crippen molar-refractivity contribution < 1.29 is 19.1 Å². The lowest BCUT2D eigenvalue weighted by molar-refractivity contribution is 0.0428. The van der Waals surface area contributed by atoms with Crippen molar-refractivity contribution in [3.63, 3.8) is 0 Å². The van der Waals surface area contributed by atoms with E-state index in [9.17, 15) is 9.59 Å². The van der Waals surface area contributed by atoms with Gasteiger partial charge in [-0.15, -0.1) is 0 Å². The summed E-state index contributed by atoms with van der Waals surface area (Å²) in [5.74, 6) is 1.85. The van der Waals surface area contributed by atoms with E-state index in [0.29, 0.717) is 35.8 Å². The van der Waals surface area contributed by atoms with Crippen LogP contribution in [0, 0.1) is 11.8 Å². The molecule has 5 aromatic rings. The van der Waals surface area contributed by atoms with E-state index in [1.807, 2.05) is 75.3 Å². The quantitative estimate of drug-likeness (QED) is 0.169. The number of hydrogen-bond acceptors (Lipinski definition) is 7. The zero-order valence-corrected chi connectivity index (χ0v) is 31.6. The predicted octanol–water partition coefficient (Wildman–Crippen LogP) is 6.88. The number of amides is 2. The van der Waals surface area contributed by atoms with Crippen LogP contribution in [0.25, 0.3) is 33.6 Å². The highest BCUT2D eigenvalue weighted by atomic mass is 16.6. The Labute approximate surface area is 305 Å². The number of fused-ring (bicyclic) bond motifs is 2. The number of imidazole rings is 1. The number of ether oxygens (including phenoxy) is 2. The Morgan fingerprint density at radius 3 is 2.52 bits per heavy atom. The number of carbonyl (C=O) groups is 2. The van der Waals surface area contributed by atoms with E-state index in [0.717, 1.165) is 34.6 Å². The Bertz CT molecular complexity index is 2090. The lowest BCUT2D eigenvalue weighted by Crippen LogP contribution is -2.57. The summed E-state index contributed by atoms with van der Waals surface area (Å²) in [5, 5.41) is 4.23. The minimum Gasteiger partial charge on any atom is -0.494 e. The summed E-state index contributed by atoms with van der Waals surface area (Å²) in [4.78, 5) is 42.0. The molecule has 4 heterocycles. The van der Waals surface area contributed by atoms with Crippen LogP contribution < -0.4 is 10.1 Å². The van der Waals surface area contributed by atoms with E-state index in [1.54, 1.807) is 7.11 Å². The standard InChI is InChI=1S/C41H51N7O4/c1-25-22-48(35(34(25)44-40(50)52-41(3,4)5)26(2)45(6)23-27-13-10-9-11-14-27)39(49)30-19-31-36(33(21-30)51-8)46(7)38(43-31)32-20-29-15-12-18-42-37(29)47(32)24-28-16-17-28/h9-15,18-21,25-26,28,34-35H,16-17,22-24H2,1-8H3,(H,44,50). The lowest BCUT2D eigenvalue weighted by Gasteiger charge is -2.38. The van der Waals surface area contributed by atoms with Crippen molar-refractivity contribution in [2.45, 2.75) is 84.3 Å². The van der Waals surface area contributed by atoms with Crippen LogP contribution in [0.3, 0.4) is 0 Å². The third-order valence-corrected chi connectivity index (χ3v) is 10.7. The highest BCUT2D eigenvalue weighted by Crippen LogP contribution is 2.38. The highest BCUT2D eigenvalue weighted by Gasteiger charge is 2.47. The number of pyridine rings is 1. The smallest absolute Gasteiger partial charge is 0.407 e. The summed E-state index contributed by atoms with van der Waals surface area (Å²) in [7, 11) is 5.69. The van der Waals surface area contributed by atoms with Crippen LogP contribution in [-0.2, 0) is 24.9 Å². The van der Waals surface area contributed by atoms with E-state index < -0.39 is 11.7 Å². The average molecular weight is 706 g/mol. The summed E-state index contributed by atoms with van der Waals surface area (Å²) in [5.41, 5.74) is 4.45. The Balaban J connectivity index is 1.25. The third kappa shape index (κ3) is 6.98. The molecule has 3 aromatic heterocycles. The minimum atomic E-state index is -0.650. The van der Waals surface area contributed by atoms with Crippen LogP contribution in [0.4, 0.5) is 4.79 Å². The molecule has 1 saturated heterocycles. The first-order valence-electron chi connectivity index (χ1n) is 18.4. The van der Waals surface area contributed by atoms with Crippen LogP contribution in [0.15, 0.2) is 66.9 Å². The van der Waals surface area contributed by atoms with Crippen molar-refractivity contribution in [3.05, 3.63) is 78.0 Å². The summed E-state index contributed by atoms with van der Waals surface area (Å²) in [6.07, 6.45) is 3.79. The molecular formula is C41H51N7O4. The largest absolute Gasteiger partial charge is 0.494 e. The van der Waals surface area contributed by atoms with Crippen LogP contribution in [0.5, 0.6) is 5.75 Å². The van der Waals surface area contributed by atoms with Gasteiger partial charge in [-0.3, -0.25) is 9.69 Å². The molecule has 1 aliphatic heterocycles. The molecule has 274 valence electrons. The van der Waals surface area contributed by atoms with Gasteiger partial charge in [0.1, 0.15) is 22.5 Å². The number of alkyl carbamates (subject to hydrolysis) is 1. The second-order valence-electron chi connectivity index (χ2n) is 15.8. The number of likely N-dealkylation sites (tertiary alicyclic amines) is 1. The van der Waals surface area contributed by atoms with E-state index >= 15 is 0 Å². The fourth-order valence-corrected chi connectivity index (χ4v) is 7.80. The van der Waals surface area contributed by atoms with Crippen molar-refractivity contribution in [2.75, 3.05) is 20.7 Å². The molecule has 11 nitrogen and oxygen atoms in total. The van der Waals surface area contributed by atoms with E-state index in [4.69, 9.17) is 19.4 Å². The summed E-state index contributed by atoms with van der Waals surface area (Å²) in [6.45, 7) is 11.8. The van der Waals surface area contributed by atoms with Crippen LogP contribution in [0.2, 0.25) is 0 Å². The number of carbonyl (C=O) groups excluding carboxylic acids is 2. The van der Waals surface area contributed by atoms with Gasteiger partial charge in [0.2, 0.25) is 0 Å². The maximum absolute atomic E-state index is 14.8. The molecular weight excluding hydrogens is 654 g/mol. The van der Waals surface area contributed by atoms with E-state index in [1.165, 1.54) is 18.4 Å². The highest BCUT2D eigenvalue weighted by molar-refractivity contribution is 6.00. The second kappa shape index (κ2) is 13.9. The fraction of sp³-hybridized carbons (Fsp3) is 0.463. The molecule has 2 fully saturated rings. The maximum atomic E-state index is 14.8. The number of rotatable bonds is 10. The number of methoxy groups -OCH3 is 1. The first-order valence-corrected chi connectivity index (χ1v) is 18.4. The zero-order chi connectivity index (χ0) is 36.9. The topological polar surface area (TPSA) is 107 Å². The molecule has 1 saturated carbocycles. The Morgan fingerprint density at radius 1 is 1.08 bits per heavy atom. The third-order valence-electron chi connectivity index (χ3n) is 10.7. The van der Waals surface area contributed by atoms with Gasteiger partial charge in [-0.1, -0.05) is 37.3 Å². The van der Waals surface area contributed by atoms with Crippen molar-refractivity contribution >= 4 is 34.1 Å². The maximum Gasteiger partial charge on any atom is 0.407 e. The molecule has 7 rings (SSSR count). The SMILES string of the molecule is COc1cc(C(=O)N2CC(C)C(NC(=O)OC(C)(C)C)C2C(C)N(C)Cc2ccccc2)cc2nc(-c3cc4cccnc4n3CC3CC3)n(C)c12. The molecule has 11 heteroatoms. The number of nitrogens with zero attached hydrogens (tertiary/aromatic N) is 6. The van der Waals surface area contributed by atoms with Gasteiger partial charge in [-0.25, -0.2) is 14.8 Å². The van der Waals surface area contributed by atoms with Gasteiger partial charge in [0.05, 0.1) is 30.4 Å². The molecule has 4 unspecified atom stereocenters. The molecule has 2 amide bonds. The average Bonchev–Trinajstić information content (AvgIpc) is 3.67. The Hall–Kier alpha value is -4.90. The van der Waals surface area contributed by atoms with E-state index in [2.05, 4.69) is 64.5 Å². The fourth-order valence-electron chi connectivity index (χ4n) is 7.80. The van der Waals surface area contributed by atoms with Crippen molar-refractivity contribution in [1.82, 2.24) is 34.2 Å². The van der Waals surface area contributed by atoms with Crippen molar-refractivity contribution in [1.29, 1.82) is 0 Å². The molecule has 1 N–H and O–H groups in total. The monoisotopic (exact) mass is 705 g/mol. The summed E-state index contributed by atoms with van der Waals surface area (Å²) in [6, 6.07) is 19.4. The lowest BCUT2D eigenvalue weighted by atomic mass is 9.94. The van der Waals surface area contributed by atoms with Crippen molar-refractivity contribution in [2.24, 2.45) is 18.9 Å². The molecule has 2 aromatic carbocycles. The first-order chi connectivity index (χ1) is 24.8. The second-order valence-corrected chi connectivity index (χ2v) is 15.8. The number of aromatic nitrogens is 4. The number of aryl methyl sites for hydroxylation is 1. The van der Waals surface area contributed by atoms with Crippen LogP contribution in [-0.4, -0.2) is 85.3 Å². The zero-order valence-electron chi connectivity index (χ0n) is 31.6. The minimum absolute atomic E-state index is 0.0249. The molecule has 0 bridgehead atoms. The van der Waals surface area contributed by atoms with Gasteiger partial charge in [-0.2, -0.15) is 0 Å². The van der Waals surface area contributed by atoms with Gasteiger partial charge in [0, 0.05) is 49.9 Å². The molecule has 0 radical (unpaired) electrons. The molecule has 0 spiro atoms. The van der Waals surface area contributed by atoms with Crippen molar-refractivity contribution in [3.8, 4) is 17.3 Å². The van der Waals surface area contributed by atoms with Gasteiger partial charge in [0.25, 0.3) is 5.91 Å². The van der Waals surface area contributed by atoms with Crippen LogP contribution >= 0.6 is 0 Å². The predicted molar refractivity (Wildman–Crippen MR) is 203 cm³/mol. The van der Waals surface area contributed by atoms with E-state index in [-0.39, 0.29) is 30.0 Å². The molecule has 1 aliphatic carbocycles. The first kappa shape index (κ1) is 35.5. The number of likely N-dealkylation sites (N-methyl/N-ethyl adjacent to an activating group) is 1. The number of hydrogen-bond donors (Lipinski definition) is 1.